The van der Waals surface area contributed by atoms with Gasteiger partial charge in [-0.05, 0) is 58.1 Å². The van der Waals surface area contributed by atoms with Gasteiger partial charge in [-0.2, -0.15) is 0 Å². The molecule has 3 aromatic rings. The van der Waals surface area contributed by atoms with Crippen LogP contribution in [0.1, 0.15) is 43.9 Å². The van der Waals surface area contributed by atoms with Crippen LogP contribution in [-0.2, 0) is 9.53 Å². The molecule has 0 amide bonds. The summed E-state index contributed by atoms with van der Waals surface area (Å²) >= 11 is 0. The molecule has 2 aromatic heterocycles. The first-order valence-electron chi connectivity index (χ1n) is 14.0. The third-order valence-electron chi connectivity index (χ3n) is 8.85. The van der Waals surface area contributed by atoms with Crippen molar-refractivity contribution in [3.8, 4) is 22.9 Å². The minimum Gasteiger partial charge on any atom is -0.472 e. The number of piperazine rings is 1. The molecule has 4 unspecified atom stereocenters. The topological polar surface area (TPSA) is 112 Å². The van der Waals surface area contributed by atoms with E-state index in [-0.39, 0.29) is 53.0 Å². The SMILES string of the molecule is Cc1nc2c3c(nc(-c4cc(N)cc(F)c4OC(F)(F)F)c(F)c3c1C)OC(C)C1C3CCC(C(=O)OC4CC4)(CN21)N3. The van der Waals surface area contributed by atoms with E-state index in [1.54, 1.807) is 20.8 Å². The van der Waals surface area contributed by atoms with Gasteiger partial charge in [0.15, 0.2) is 17.4 Å². The predicted molar refractivity (Wildman–Crippen MR) is 145 cm³/mol. The largest absolute Gasteiger partial charge is 0.573 e. The average Bonchev–Trinajstić information content (AvgIpc) is 3.69. The number of hydrogen-bond acceptors (Lipinski definition) is 9. The van der Waals surface area contributed by atoms with Gasteiger partial charge in [0.2, 0.25) is 5.88 Å². The molecule has 0 spiro atoms. The number of aryl methyl sites for hydroxylation is 2. The van der Waals surface area contributed by atoms with Gasteiger partial charge in [-0.3, -0.25) is 5.32 Å². The van der Waals surface area contributed by atoms with Gasteiger partial charge in [-0.1, -0.05) is 0 Å². The Hall–Kier alpha value is -3.94. The molecule has 3 fully saturated rings. The van der Waals surface area contributed by atoms with Crippen LogP contribution in [0.5, 0.6) is 11.6 Å². The third kappa shape index (κ3) is 4.40. The molecule has 3 N–H and O–H groups in total. The molecule has 9 nitrogen and oxygen atoms in total. The van der Waals surface area contributed by atoms with E-state index in [0.717, 1.165) is 18.9 Å². The number of nitrogens with two attached hydrogens (primary N) is 1. The monoisotopic (exact) mass is 605 g/mol. The van der Waals surface area contributed by atoms with E-state index in [9.17, 15) is 22.4 Å². The molecular formula is C29H28F5N5O4. The molecule has 5 heterocycles. The van der Waals surface area contributed by atoms with Crippen molar-refractivity contribution in [2.75, 3.05) is 17.2 Å². The molecule has 0 radical (unpaired) electrons. The summed E-state index contributed by atoms with van der Waals surface area (Å²) < 4.78 is 87.3. The predicted octanol–water partition coefficient (Wildman–Crippen LogP) is 4.84. The van der Waals surface area contributed by atoms with E-state index in [4.69, 9.17) is 20.2 Å². The zero-order valence-corrected chi connectivity index (χ0v) is 23.4. The van der Waals surface area contributed by atoms with Crippen molar-refractivity contribution in [3.63, 3.8) is 0 Å². The summed E-state index contributed by atoms with van der Waals surface area (Å²) in [6, 6.07) is 1.07. The van der Waals surface area contributed by atoms with Crippen molar-refractivity contribution in [2.45, 2.75) is 82.6 Å². The van der Waals surface area contributed by atoms with Gasteiger partial charge in [0.1, 0.15) is 29.3 Å². The number of benzene rings is 1. The number of halogens is 5. The van der Waals surface area contributed by atoms with E-state index >= 15 is 4.39 Å². The van der Waals surface area contributed by atoms with Crippen LogP contribution in [0.3, 0.4) is 0 Å². The Kier molecular flexibility index (Phi) is 6.01. The van der Waals surface area contributed by atoms with Gasteiger partial charge in [0.05, 0.1) is 17.0 Å². The summed E-state index contributed by atoms with van der Waals surface area (Å²) in [7, 11) is 0. The number of nitrogens with zero attached hydrogens (tertiary/aromatic N) is 3. The third-order valence-corrected chi connectivity index (χ3v) is 8.85. The molecule has 1 saturated carbocycles. The number of hydrogen-bond donors (Lipinski definition) is 2. The number of ether oxygens (including phenoxy) is 3. The molecule has 2 bridgehead atoms. The maximum absolute atomic E-state index is 16.6. The highest BCUT2D eigenvalue weighted by Crippen LogP contribution is 2.48. The van der Waals surface area contributed by atoms with E-state index < -0.39 is 46.6 Å². The van der Waals surface area contributed by atoms with Crippen LogP contribution < -0.4 is 25.4 Å². The van der Waals surface area contributed by atoms with E-state index in [0.29, 0.717) is 36.0 Å². The normalized spacial score (nSPS) is 26.1. The number of fused-ring (bicyclic) bond motifs is 5. The summed E-state index contributed by atoms with van der Waals surface area (Å²) in [6.07, 6.45) is -3.10. The van der Waals surface area contributed by atoms with E-state index in [1.807, 2.05) is 4.90 Å². The first-order chi connectivity index (χ1) is 20.3. The molecule has 3 aliphatic heterocycles. The highest BCUT2D eigenvalue weighted by Gasteiger charge is 2.58. The number of rotatable bonds is 4. The molecule has 228 valence electrons. The van der Waals surface area contributed by atoms with Crippen LogP contribution in [0.25, 0.3) is 22.0 Å². The fourth-order valence-corrected chi connectivity index (χ4v) is 6.68. The lowest BCUT2D eigenvalue weighted by Crippen LogP contribution is -2.70. The van der Waals surface area contributed by atoms with Crippen molar-refractivity contribution in [1.29, 1.82) is 0 Å². The second-order valence-electron chi connectivity index (χ2n) is 11.8. The van der Waals surface area contributed by atoms with Crippen LogP contribution in [0.4, 0.5) is 33.5 Å². The lowest BCUT2D eigenvalue weighted by atomic mass is 9.94. The van der Waals surface area contributed by atoms with Gasteiger partial charge in [-0.25, -0.2) is 23.5 Å². The Morgan fingerprint density at radius 3 is 2.60 bits per heavy atom. The van der Waals surface area contributed by atoms with Crippen molar-refractivity contribution in [2.24, 2.45) is 0 Å². The summed E-state index contributed by atoms with van der Waals surface area (Å²) in [5.74, 6) is -3.81. The Morgan fingerprint density at radius 1 is 1.16 bits per heavy atom. The minimum absolute atomic E-state index is 0.00312. The lowest BCUT2D eigenvalue weighted by molar-refractivity contribution is -0.275. The number of carbonyl (C=O) groups excluding carboxylic acids is 1. The van der Waals surface area contributed by atoms with E-state index in [1.165, 1.54) is 0 Å². The number of aromatic nitrogens is 2. The molecule has 2 saturated heterocycles. The fourth-order valence-electron chi connectivity index (χ4n) is 6.68. The average molecular weight is 606 g/mol. The minimum atomic E-state index is -5.27. The summed E-state index contributed by atoms with van der Waals surface area (Å²) in [5.41, 5.74) is 4.11. The molecular weight excluding hydrogens is 577 g/mol. The van der Waals surface area contributed by atoms with Gasteiger partial charge in [-0.15, -0.1) is 13.2 Å². The Balaban J connectivity index is 1.44. The van der Waals surface area contributed by atoms with E-state index in [2.05, 4.69) is 15.0 Å². The molecule has 43 heavy (non-hydrogen) atoms. The number of nitrogens with one attached hydrogen (secondary N) is 1. The zero-order chi connectivity index (χ0) is 30.6. The molecule has 4 aliphatic rings. The van der Waals surface area contributed by atoms with Crippen LogP contribution in [0, 0.1) is 25.5 Å². The second-order valence-corrected chi connectivity index (χ2v) is 11.8. The summed E-state index contributed by atoms with van der Waals surface area (Å²) in [4.78, 5) is 24.4. The van der Waals surface area contributed by atoms with Crippen molar-refractivity contribution >= 4 is 28.2 Å². The number of nitrogen functional groups attached to an aromatic ring is 1. The van der Waals surface area contributed by atoms with Crippen LogP contribution in [0.2, 0.25) is 0 Å². The maximum Gasteiger partial charge on any atom is 0.573 e. The lowest BCUT2D eigenvalue weighted by Gasteiger charge is -2.46. The number of carbonyl (C=O) groups is 1. The number of pyridine rings is 2. The zero-order valence-electron chi connectivity index (χ0n) is 23.4. The molecule has 1 aliphatic carbocycles. The standard InChI is InChI=1S/C29H28F5N5O4/c1-11-12(2)36-25-20-19(11)21(31)22(16-8-14(35)9-17(30)24(16)43-29(32,33)34)37-26(20)41-13(3)23-18-6-7-28(38-18,10-39(23)25)27(40)42-15-4-5-15/h8-9,13,15,18,23,38H,4-7,10,35H2,1-3H3. The summed E-state index contributed by atoms with van der Waals surface area (Å²) in [5, 5.41) is 3.67. The van der Waals surface area contributed by atoms with Gasteiger partial charge < -0.3 is 24.8 Å². The van der Waals surface area contributed by atoms with Crippen molar-refractivity contribution in [3.05, 3.63) is 35.0 Å². The molecule has 7 rings (SSSR count). The smallest absolute Gasteiger partial charge is 0.472 e. The first-order valence-corrected chi connectivity index (χ1v) is 14.0. The highest BCUT2D eigenvalue weighted by molar-refractivity contribution is 6.02. The summed E-state index contributed by atoms with van der Waals surface area (Å²) in [6.45, 7) is 5.28. The number of anilines is 2. The quantitative estimate of drug-likeness (QED) is 0.245. The highest BCUT2D eigenvalue weighted by atomic mass is 19.4. The number of esters is 1. The maximum atomic E-state index is 16.6. The van der Waals surface area contributed by atoms with Crippen LogP contribution in [-0.4, -0.2) is 58.7 Å². The van der Waals surface area contributed by atoms with Crippen molar-refractivity contribution < 1.29 is 41.0 Å². The second kappa shape index (κ2) is 9.28. The van der Waals surface area contributed by atoms with Gasteiger partial charge in [0.25, 0.3) is 0 Å². The first kappa shape index (κ1) is 27.9. The Labute approximate surface area is 242 Å². The molecule has 1 aromatic carbocycles. The number of alkyl halides is 3. The molecule has 14 heteroatoms. The molecule has 4 atom stereocenters. The van der Waals surface area contributed by atoms with Gasteiger partial charge >= 0.3 is 12.3 Å². The van der Waals surface area contributed by atoms with Gasteiger partial charge in [0, 0.05) is 35.4 Å². The van der Waals surface area contributed by atoms with Crippen LogP contribution >= 0.6 is 0 Å². The van der Waals surface area contributed by atoms with Crippen LogP contribution in [0.15, 0.2) is 12.1 Å². The Morgan fingerprint density at radius 2 is 1.91 bits per heavy atom. The van der Waals surface area contributed by atoms with Crippen molar-refractivity contribution in [1.82, 2.24) is 15.3 Å². The fraction of sp³-hybridized carbons (Fsp3) is 0.483. The Bertz CT molecular complexity index is 1700.